The average Bonchev–Trinajstić information content (AvgIpc) is 3.41. The Kier molecular flexibility index (Phi) is 11.8. The van der Waals surface area contributed by atoms with Gasteiger partial charge in [-0.05, 0) is 43.9 Å². The fraction of sp³-hybridized carbons (Fsp3) is 0.621. The van der Waals surface area contributed by atoms with Crippen LogP contribution in [0.25, 0.3) is 0 Å². The van der Waals surface area contributed by atoms with Crippen molar-refractivity contribution in [1.82, 2.24) is 20.4 Å². The van der Waals surface area contributed by atoms with Crippen LogP contribution in [0.15, 0.2) is 42.0 Å². The highest BCUT2D eigenvalue weighted by Gasteiger charge is 2.36. The lowest BCUT2D eigenvalue weighted by Crippen LogP contribution is -2.55. The molecule has 2 rings (SSSR count). The smallest absolute Gasteiger partial charge is 0.248 e. The summed E-state index contributed by atoms with van der Waals surface area (Å²) in [7, 11) is 3.51. The molecule has 1 heterocycles. The summed E-state index contributed by atoms with van der Waals surface area (Å²) in [4.78, 5) is 41.8. The van der Waals surface area contributed by atoms with Crippen LogP contribution in [-0.2, 0) is 24.5 Å². The lowest BCUT2D eigenvalue weighted by atomic mass is 9.77. The minimum absolute atomic E-state index is 0.0315. The molecule has 0 bridgehead atoms. The van der Waals surface area contributed by atoms with Crippen LogP contribution in [0, 0.1) is 5.92 Å². The van der Waals surface area contributed by atoms with Crippen LogP contribution in [-0.4, -0.2) is 86.5 Å². The third-order valence-electron chi connectivity index (χ3n) is 7.20. The topological polar surface area (TPSA) is 91.0 Å². The van der Waals surface area contributed by atoms with Crippen LogP contribution in [0.3, 0.4) is 0 Å². The highest BCUT2D eigenvalue weighted by atomic mass is 16.5. The predicted molar refractivity (Wildman–Crippen MR) is 147 cm³/mol. The number of ether oxygens (including phenoxy) is 1. The molecular weight excluding hydrogens is 468 g/mol. The Morgan fingerprint density at radius 2 is 1.73 bits per heavy atom. The summed E-state index contributed by atoms with van der Waals surface area (Å²) in [5.41, 5.74) is 1.53. The molecule has 0 radical (unpaired) electrons. The molecule has 0 spiro atoms. The predicted octanol–water partition coefficient (Wildman–Crippen LogP) is 2.74. The number of rotatable bonds is 13. The maximum atomic E-state index is 13.1. The SMILES string of the molecule is CN[C@H](C(=O)NCC(=O)N(C)[C@H](/C=C(\C)COCC(=O)N1CCCC1)C(C)C)C(C)(C)c1ccccc1. The molecule has 2 atom stereocenters. The Morgan fingerprint density at radius 3 is 2.30 bits per heavy atom. The first-order chi connectivity index (χ1) is 17.5. The Morgan fingerprint density at radius 1 is 1.11 bits per heavy atom. The third kappa shape index (κ3) is 8.68. The van der Waals surface area contributed by atoms with Crippen LogP contribution < -0.4 is 10.6 Å². The molecule has 206 valence electrons. The molecule has 0 aliphatic carbocycles. The summed E-state index contributed by atoms with van der Waals surface area (Å²) in [6, 6.07) is 9.20. The first kappa shape index (κ1) is 30.5. The largest absolute Gasteiger partial charge is 0.367 e. The summed E-state index contributed by atoms with van der Waals surface area (Å²) in [6.45, 7) is 12.0. The fourth-order valence-corrected chi connectivity index (χ4v) is 4.86. The van der Waals surface area contributed by atoms with Crippen molar-refractivity contribution in [3.05, 3.63) is 47.5 Å². The Bertz CT molecular complexity index is 923. The summed E-state index contributed by atoms with van der Waals surface area (Å²) in [5.74, 6) is -0.201. The van der Waals surface area contributed by atoms with Crippen molar-refractivity contribution in [2.75, 3.05) is 46.9 Å². The van der Waals surface area contributed by atoms with Crippen LogP contribution in [0.5, 0.6) is 0 Å². The van der Waals surface area contributed by atoms with Gasteiger partial charge in [0.05, 0.1) is 25.2 Å². The van der Waals surface area contributed by atoms with Crippen molar-refractivity contribution < 1.29 is 19.1 Å². The summed E-state index contributed by atoms with van der Waals surface area (Å²) < 4.78 is 5.65. The van der Waals surface area contributed by atoms with E-state index in [0.717, 1.165) is 37.1 Å². The minimum atomic E-state index is -0.503. The number of carbonyl (C=O) groups excluding carboxylic acids is 3. The van der Waals surface area contributed by atoms with Crippen molar-refractivity contribution in [3.8, 4) is 0 Å². The number of carbonyl (C=O) groups is 3. The number of likely N-dealkylation sites (N-methyl/N-ethyl adjacent to an activating group) is 2. The summed E-state index contributed by atoms with van der Waals surface area (Å²) in [5, 5.41) is 5.95. The second kappa shape index (κ2) is 14.3. The van der Waals surface area contributed by atoms with E-state index in [9.17, 15) is 14.4 Å². The third-order valence-corrected chi connectivity index (χ3v) is 7.20. The van der Waals surface area contributed by atoms with Gasteiger partial charge in [-0.15, -0.1) is 0 Å². The monoisotopic (exact) mass is 514 g/mol. The fourth-order valence-electron chi connectivity index (χ4n) is 4.86. The standard InChI is InChI=1S/C29H46N4O4/c1-21(2)24(17-22(3)19-37-20-26(35)33-15-11-12-16-33)32(7)25(34)18-31-28(36)27(30-6)29(4,5)23-13-9-8-10-14-23/h8-10,13-14,17,21,24,27,30H,11-12,15-16,18-20H2,1-7H3,(H,31,36)/b22-17+/t24-,27-/m1/s1. The molecule has 0 aromatic heterocycles. The van der Waals surface area contributed by atoms with Gasteiger partial charge in [-0.2, -0.15) is 0 Å². The van der Waals surface area contributed by atoms with E-state index in [2.05, 4.69) is 10.6 Å². The van der Waals surface area contributed by atoms with Gasteiger partial charge >= 0.3 is 0 Å². The van der Waals surface area contributed by atoms with E-state index >= 15 is 0 Å². The van der Waals surface area contributed by atoms with Gasteiger partial charge in [0.15, 0.2) is 0 Å². The maximum Gasteiger partial charge on any atom is 0.248 e. The highest BCUT2D eigenvalue weighted by molar-refractivity contribution is 5.88. The van der Waals surface area contributed by atoms with E-state index < -0.39 is 11.5 Å². The quantitative estimate of drug-likeness (QED) is 0.395. The van der Waals surface area contributed by atoms with Gasteiger partial charge in [-0.25, -0.2) is 0 Å². The van der Waals surface area contributed by atoms with Gasteiger partial charge in [0.25, 0.3) is 0 Å². The zero-order valence-corrected chi connectivity index (χ0v) is 23.7. The van der Waals surface area contributed by atoms with Crippen molar-refractivity contribution in [2.45, 2.75) is 65.0 Å². The first-order valence-electron chi connectivity index (χ1n) is 13.3. The molecular formula is C29H46N4O4. The molecule has 3 amide bonds. The lowest BCUT2D eigenvalue weighted by Gasteiger charge is -2.34. The average molecular weight is 515 g/mol. The Balaban J connectivity index is 1.93. The van der Waals surface area contributed by atoms with E-state index in [0.29, 0.717) is 6.61 Å². The number of nitrogens with zero attached hydrogens (tertiary/aromatic N) is 2. The van der Waals surface area contributed by atoms with Crippen molar-refractivity contribution in [3.63, 3.8) is 0 Å². The summed E-state index contributed by atoms with van der Waals surface area (Å²) >= 11 is 0. The molecule has 8 nitrogen and oxygen atoms in total. The van der Waals surface area contributed by atoms with Crippen molar-refractivity contribution in [1.29, 1.82) is 0 Å². The zero-order valence-electron chi connectivity index (χ0n) is 23.7. The number of benzene rings is 1. The summed E-state index contributed by atoms with van der Waals surface area (Å²) in [6.07, 6.45) is 4.13. The molecule has 37 heavy (non-hydrogen) atoms. The van der Waals surface area contributed by atoms with E-state index in [1.807, 2.05) is 75.9 Å². The number of amides is 3. The van der Waals surface area contributed by atoms with Gasteiger partial charge in [0, 0.05) is 25.6 Å². The molecule has 1 saturated heterocycles. The second-order valence-electron chi connectivity index (χ2n) is 10.9. The highest BCUT2D eigenvalue weighted by Crippen LogP contribution is 2.27. The molecule has 0 saturated carbocycles. The molecule has 1 aromatic rings. The molecule has 1 aromatic carbocycles. The van der Waals surface area contributed by atoms with E-state index in [1.54, 1.807) is 19.0 Å². The van der Waals surface area contributed by atoms with Crippen molar-refractivity contribution >= 4 is 17.7 Å². The van der Waals surface area contributed by atoms with Crippen LogP contribution in [0.4, 0.5) is 0 Å². The molecule has 0 unspecified atom stereocenters. The first-order valence-corrected chi connectivity index (χ1v) is 13.3. The van der Waals surface area contributed by atoms with Gasteiger partial charge in [0.1, 0.15) is 6.61 Å². The van der Waals surface area contributed by atoms with E-state index in [-0.39, 0.29) is 42.8 Å². The maximum absolute atomic E-state index is 13.1. The normalized spacial score (nSPS) is 16.0. The van der Waals surface area contributed by atoms with Gasteiger partial charge in [-0.3, -0.25) is 14.4 Å². The molecule has 8 heteroatoms. The Labute approximate surface area is 222 Å². The molecule has 2 N–H and O–H groups in total. The van der Waals surface area contributed by atoms with Crippen LogP contribution in [0.2, 0.25) is 0 Å². The molecule has 1 aliphatic heterocycles. The van der Waals surface area contributed by atoms with Crippen LogP contribution >= 0.6 is 0 Å². The van der Waals surface area contributed by atoms with E-state index in [1.165, 1.54) is 0 Å². The lowest BCUT2D eigenvalue weighted by molar-refractivity contribution is -0.134. The van der Waals surface area contributed by atoms with Crippen molar-refractivity contribution in [2.24, 2.45) is 5.92 Å². The number of hydrogen-bond donors (Lipinski definition) is 2. The second-order valence-corrected chi connectivity index (χ2v) is 10.9. The minimum Gasteiger partial charge on any atom is -0.367 e. The van der Waals surface area contributed by atoms with Gasteiger partial charge in [-0.1, -0.05) is 64.1 Å². The molecule has 1 aliphatic rings. The zero-order chi connectivity index (χ0) is 27.6. The Hall–Kier alpha value is -2.71. The van der Waals surface area contributed by atoms with E-state index in [4.69, 9.17) is 4.74 Å². The number of nitrogens with one attached hydrogen (secondary N) is 2. The molecule has 1 fully saturated rings. The van der Waals surface area contributed by atoms with Gasteiger partial charge < -0.3 is 25.2 Å². The van der Waals surface area contributed by atoms with Gasteiger partial charge in [0.2, 0.25) is 17.7 Å². The number of hydrogen-bond acceptors (Lipinski definition) is 5. The van der Waals surface area contributed by atoms with Crippen LogP contribution in [0.1, 0.15) is 53.0 Å². The number of likely N-dealkylation sites (tertiary alicyclic amines) is 1.